The molecule has 0 aliphatic heterocycles. The van der Waals surface area contributed by atoms with Gasteiger partial charge in [-0.2, -0.15) is 0 Å². The Hall–Kier alpha value is -1.18. The Kier molecular flexibility index (Phi) is 4.32. The molecule has 0 aromatic carbocycles. The molecule has 0 rings (SSSR count). The van der Waals surface area contributed by atoms with Crippen molar-refractivity contribution in [3.8, 4) is 0 Å². The van der Waals surface area contributed by atoms with Gasteiger partial charge in [0.1, 0.15) is 0 Å². The second-order valence-corrected chi connectivity index (χ2v) is 2.44. The van der Waals surface area contributed by atoms with Crippen LogP contribution in [-0.2, 0) is 9.59 Å². The molecule has 0 saturated carbocycles. The van der Waals surface area contributed by atoms with Crippen LogP contribution < -0.4 is 0 Å². The lowest BCUT2D eigenvalue weighted by atomic mass is 10.1. The van der Waals surface area contributed by atoms with E-state index in [4.69, 9.17) is 25.5 Å². The Balaban J connectivity index is 4.06. The van der Waals surface area contributed by atoms with Gasteiger partial charge in [-0.15, -0.1) is 0 Å². The Morgan fingerprint density at radius 2 is 1.46 bits per heavy atom. The van der Waals surface area contributed by atoms with Crippen LogP contribution in [-0.4, -0.2) is 55.8 Å². The van der Waals surface area contributed by atoms with Gasteiger partial charge in [0, 0.05) is 6.42 Å². The summed E-state index contributed by atoms with van der Waals surface area (Å²) >= 11 is 0. The fourth-order valence-corrected chi connectivity index (χ4v) is 0.623. The molecule has 0 saturated heterocycles. The summed E-state index contributed by atoms with van der Waals surface area (Å²) < 4.78 is 0. The van der Waals surface area contributed by atoms with Crippen molar-refractivity contribution in [1.82, 2.24) is 0 Å². The van der Waals surface area contributed by atoms with Gasteiger partial charge in [-0.25, -0.2) is 9.59 Å². The highest BCUT2D eigenvalue weighted by atomic mass is 16.4. The average Bonchev–Trinajstić information content (AvgIpc) is 2.02. The van der Waals surface area contributed by atoms with Crippen LogP contribution >= 0.6 is 0 Å². The van der Waals surface area contributed by atoms with Gasteiger partial charge in [0.25, 0.3) is 0 Å². The Morgan fingerprint density at radius 1 is 1.00 bits per heavy atom. The molecule has 5 N–H and O–H groups in total. The van der Waals surface area contributed by atoms with E-state index in [0.29, 0.717) is 0 Å². The summed E-state index contributed by atoms with van der Waals surface area (Å²) in [5.41, 5.74) is 0. The van der Waals surface area contributed by atoms with Crippen molar-refractivity contribution in [3.63, 3.8) is 0 Å². The number of aliphatic carboxylic acids is 2. The molecule has 3 unspecified atom stereocenters. The van der Waals surface area contributed by atoms with Crippen LogP contribution in [0.15, 0.2) is 0 Å². The summed E-state index contributed by atoms with van der Waals surface area (Å²) in [6, 6.07) is 0. The molecule has 76 valence electrons. The van der Waals surface area contributed by atoms with Crippen LogP contribution in [0.2, 0.25) is 0 Å². The van der Waals surface area contributed by atoms with Crippen LogP contribution in [0.3, 0.4) is 0 Å². The number of carboxylic acids is 2. The van der Waals surface area contributed by atoms with Gasteiger partial charge in [0.15, 0.2) is 12.2 Å². The summed E-state index contributed by atoms with van der Waals surface area (Å²) in [6.07, 6.45) is -6.51. The first kappa shape index (κ1) is 11.8. The lowest BCUT2D eigenvalue weighted by Gasteiger charge is -2.14. The standard InChI is InChI=1S/C6H10O7/c7-2(4(9)6(12)13)1-3(8)5(10)11/h2-4,7-9H,1H2,(H,10,11)(H,12,13). The molecule has 13 heavy (non-hydrogen) atoms. The van der Waals surface area contributed by atoms with Crippen molar-refractivity contribution in [2.45, 2.75) is 24.7 Å². The molecule has 0 aromatic rings. The van der Waals surface area contributed by atoms with Crippen LogP contribution in [0.1, 0.15) is 6.42 Å². The summed E-state index contributed by atoms with van der Waals surface area (Å²) in [7, 11) is 0. The fraction of sp³-hybridized carbons (Fsp3) is 0.667. The highest BCUT2D eigenvalue weighted by Gasteiger charge is 2.28. The predicted octanol–water partition coefficient (Wildman–Crippen LogP) is -2.37. The van der Waals surface area contributed by atoms with Crippen molar-refractivity contribution < 1.29 is 35.1 Å². The molecule has 0 bridgehead atoms. The molecular formula is C6H10O7. The molecule has 7 heteroatoms. The summed E-state index contributed by atoms with van der Waals surface area (Å²) in [6.45, 7) is 0. The highest BCUT2D eigenvalue weighted by molar-refractivity contribution is 5.74. The SMILES string of the molecule is O=C(O)C(O)CC(O)C(O)C(=O)O. The molecule has 0 fully saturated rings. The Morgan fingerprint density at radius 3 is 1.77 bits per heavy atom. The zero-order valence-corrected chi connectivity index (χ0v) is 6.49. The van der Waals surface area contributed by atoms with E-state index in [0.717, 1.165) is 0 Å². The smallest absolute Gasteiger partial charge is 0.335 e. The first-order valence-corrected chi connectivity index (χ1v) is 3.36. The molecular weight excluding hydrogens is 184 g/mol. The first-order chi connectivity index (χ1) is 5.86. The molecule has 7 nitrogen and oxygen atoms in total. The number of carbonyl (C=O) groups is 2. The second kappa shape index (κ2) is 4.75. The van der Waals surface area contributed by atoms with E-state index < -0.39 is 36.7 Å². The molecule has 0 aliphatic carbocycles. The molecule has 0 amide bonds. The normalized spacial score (nSPS) is 17.5. The zero-order chi connectivity index (χ0) is 10.6. The molecule has 0 heterocycles. The fourth-order valence-electron chi connectivity index (χ4n) is 0.623. The summed E-state index contributed by atoms with van der Waals surface area (Å²) in [4.78, 5) is 20.1. The minimum atomic E-state index is -2.09. The third kappa shape index (κ3) is 3.83. The third-order valence-electron chi connectivity index (χ3n) is 1.37. The van der Waals surface area contributed by atoms with Crippen LogP contribution in [0, 0.1) is 0 Å². The topological polar surface area (TPSA) is 135 Å². The maximum Gasteiger partial charge on any atom is 0.335 e. The van der Waals surface area contributed by atoms with E-state index >= 15 is 0 Å². The Labute approximate surface area is 72.9 Å². The monoisotopic (exact) mass is 194 g/mol. The maximum absolute atomic E-state index is 10.1. The second-order valence-electron chi connectivity index (χ2n) is 2.44. The number of hydrogen-bond donors (Lipinski definition) is 5. The number of carboxylic acid groups (broad SMARTS) is 2. The summed E-state index contributed by atoms with van der Waals surface area (Å²) in [5, 5.41) is 42.5. The van der Waals surface area contributed by atoms with E-state index in [-0.39, 0.29) is 0 Å². The van der Waals surface area contributed by atoms with E-state index in [9.17, 15) is 9.59 Å². The molecule has 3 atom stereocenters. The van der Waals surface area contributed by atoms with Gasteiger partial charge in [0.2, 0.25) is 0 Å². The lowest BCUT2D eigenvalue weighted by molar-refractivity contribution is -0.158. The van der Waals surface area contributed by atoms with E-state index in [1.54, 1.807) is 0 Å². The molecule has 0 spiro atoms. The van der Waals surface area contributed by atoms with Crippen LogP contribution in [0.5, 0.6) is 0 Å². The zero-order valence-electron chi connectivity index (χ0n) is 6.49. The number of rotatable bonds is 5. The Bertz CT molecular complexity index is 201. The third-order valence-corrected chi connectivity index (χ3v) is 1.37. The maximum atomic E-state index is 10.1. The highest BCUT2D eigenvalue weighted by Crippen LogP contribution is 2.03. The first-order valence-electron chi connectivity index (χ1n) is 3.36. The minimum absolute atomic E-state index is 0.733. The van der Waals surface area contributed by atoms with E-state index in [1.807, 2.05) is 0 Å². The average molecular weight is 194 g/mol. The van der Waals surface area contributed by atoms with Crippen molar-refractivity contribution >= 4 is 11.9 Å². The molecule has 0 aliphatic rings. The predicted molar refractivity (Wildman–Crippen MR) is 37.9 cm³/mol. The number of hydrogen-bond acceptors (Lipinski definition) is 5. The summed E-state index contributed by atoms with van der Waals surface area (Å²) in [5.74, 6) is -3.26. The van der Waals surface area contributed by atoms with Gasteiger partial charge in [-0.1, -0.05) is 0 Å². The van der Waals surface area contributed by atoms with Crippen molar-refractivity contribution in [3.05, 3.63) is 0 Å². The molecule has 0 radical (unpaired) electrons. The van der Waals surface area contributed by atoms with Gasteiger partial charge >= 0.3 is 11.9 Å². The molecule has 0 aromatic heterocycles. The van der Waals surface area contributed by atoms with Gasteiger partial charge < -0.3 is 25.5 Å². The van der Waals surface area contributed by atoms with Gasteiger partial charge in [-0.05, 0) is 0 Å². The minimum Gasteiger partial charge on any atom is -0.479 e. The number of aliphatic hydroxyl groups is 3. The quantitative estimate of drug-likeness (QED) is 0.330. The lowest BCUT2D eigenvalue weighted by Crippen LogP contribution is -2.38. The van der Waals surface area contributed by atoms with Crippen molar-refractivity contribution in [2.24, 2.45) is 0 Å². The van der Waals surface area contributed by atoms with E-state index in [2.05, 4.69) is 0 Å². The van der Waals surface area contributed by atoms with Gasteiger partial charge in [0.05, 0.1) is 6.10 Å². The van der Waals surface area contributed by atoms with Crippen LogP contribution in [0.4, 0.5) is 0 Å². The van der Waals surface area contributed by atoms with Gasteiger partial charge in [-0.3, -0.25) is 0 Å². The van der Waals surface area contributed by atoms with Crippen LogP contribution in [0.25, 0.3) is 0 Å². The largest absolute Gasteiger partial charge is 0.479 e. The van der Waals surface area contributed by atoms with E-state index in [1.165, 1.54) is 0 Å². The van der Waals surface area contributed by atoms with Crippen molar-refractivity contribution in [1.29, 1.82) is 0 Å². The number of aliphatic hydroxyl groups excluding tert-OH is 3. The van der Waals surface area contributed by atoms with Crippen molar-refractivity contribution in [2.75, 3.05) is 0 Å².